The summed E-state index contributed by atoms with van der Waals surface area (Å²) in [5.41, 5.74) is 0. The molecule has 1 atom stereocenters. The van der Waals surface area contributed by atoms with Gasteiger partial charge in [-0.25, -0.2) is 4.79 Å². The molecule has 0 fully saturated rings. The highest BCUT2D eigenvalue weighted by atomic mass is 16.4. The van der Waals surface area contributed by atoms with Crippen LogP contribution in [0.25, 0.3) is 0 Å². The number of rotatable bonds is 6. The number of hydrogen-bond acceptors (Lipinski definition) is 3. The average molecular weight is 255 g/mol. The van der Waals surface area contributed by atoms with Gasteiger partial charge < -0.3 is 14.9 Å². The summed E-state index contributed by atoms with van der Waals surface area (Å²) >= 11 is 0. The Balaban J connectivity index is 4.81. The van der Waals surface area contributed by atoms with Gasteiger partial charge in [0.1, 0.15) is 6.54 Å². The first-order valence-corrected chi connectivity index (χ1v) is 6.00. The van der Waals surface area contributed by atoms with Gasteiger partial charge in [0, 0.05) is 19.1 Å². The van der Waals surface area contributed by atoms with Gasteiger partial charge in [0.2, 0.25) is 0 Å². The van der Waals surface area contributed by atoms with Crippen LogP contribution in [0.1, 0.15) is 27.7 Å². The van der Waals surface area contributed by atoms with E-state index in [0.29, 0.717) is 13.1 Å². The van der Waals surface area contributed by atoms with Crippen LogP contribution in [0.5, 0.6) is 0 Å². The van der Waals surface area contributed by atoms with E-state index < -0.39 is 5.97 Å². The molecular formula is C12H21N3O3. The van der Waals surface area contributed by atoms with Gasteiger partial charge in [0.25, 0.3) is 0 Å². The van der Waals surface area contributed by atoms with Gasteiger partial charge in [-0.1, -0.05) is 0 Å². The van der Waals surface area contributed by atoms with Crippen LogP contribution >= 0.6 is 0 Å². The molecule has 0 spiro atoms. The van der Waals surface area contributed by atoms with E-state index in [1.54, 1.807) is 27.7 Å². The summed E-state index contributed by atoms with van der Waals surface area (Å²) in [7, 11) is 0. The summed E-state index contributed by atoms with van der Waals surface area (Å²) < 4.78 is 0. The van der Waals surface area contributed by atoms with Crippen LogP contribution in [-0.4, -0.2) is 52.6 Å². The Morgan fingerprint density at radius 2 is 1.89 bits per heavy atom. The molecule has 0 aromatic carbocycles. The highest BCUT2D eigenvalue weighted by molar-refractivity contribution is 5.80. The number of amides is 2. The second-order valence-corrected chi connectivity index (χ2v) is 4.47. The van der Waals surface area contributed by atoms with E-state index in [4.69, 9.17) is 10.4 Å². The smallest absolute Gasteiger partial charge is 0.323 e. The monoisotopic (exact) mass is 255 g/mol. The number of carbonyl (C=O) groups excluding carboxylic acids is 1. The van der Waals surface area contributed by atoms with Gasteiger partial charge in [0.15, 0.2) is 0 Å². The number of carboxylic acid groups (broad SMARTS) is 1. The number of nitrogens with zero attached hydrogens (tertiary/aromatic N) is 3. The van der Waals surface area contributed by atoms with E-state index in [1.165, 1.54) is 9.80 Å². The second-order valence-electron chi connectivity index (χ2n) is 4.47. The van der Waals surface area contributed by atoms with Crippen LogP contribution in [0.2, 0.25) is 0 Å². The Morgan fingerprint density at radius 1 is 1.33 bits per heavy atom. The lowest BCUT2D eigenvalue weighted by atomic mass is 10.2. The minimum Gasteiger partial charge on any atom is -0.480 e. The molecule has 0 aliphatic heterocycles. The van der Waals surface area contributed by atoms with Gasteiger partial charge in [-0.05, 0) is 27.7 Å². The number of aliphatic carboxylic acids is 1. The van der Waals surface area contributed by atoms with Gasteiger partial charge >= 0.3 is 12.0 Å². The number of nitriles is 1. The topological polar surface area (TPSA) is 84.6 Å². The highest BCUT2D eigenvalue weighted by Crippen LogP contribution is 2.07. The molecule has 0 radical (unpaired) electrons. The molecule has 2 amide bonds. The number of carbonyl (C=O) groups is 2. The zero-order valence-electron chi connectivity index (χ0n) is 11.4. The van der Waals surface area contributed by atoms with Crippen LogP contribution in [-0.2, 0) is 4.79 Å². The first-order chi connectivity index (χ1) is 8.33. The lowest BCUT2D eigenvalue weighted by Gasteiger charge is -2.32. The normalized spacial score (nSPS) is 11.8. The third kappa shape index (κ3) is 5.04. The molecule has 0 rings (SSSR count). The van der Waals surface area contributed by atoms with Crippen molar-refractivity contribution < 1.29 is 14.7 Å². The molecular weight excluding hydrogens is 234 g/mol. The standard InChI is InChI=1S/C12H21N3O3/c1-5-14(7-10(4)6-13)12(18)15(9(2)3)8-11(16)17/h9-10H,5,7-8H2,1-4H3,(H,16,17). The van der Waals surface area contributed by atoms with Crippen molar-refractivity contribution in [3.63, 3.8) is 0 Å². The maximum atomic E-state index is 12.2. The van der Waals surface area contributed by atoms with Gasteiger partial charge in [-0.15, -0.1) is 0 Å². The van der Waals surface area contributed by atoms with Crippen LogP contribution in [0.3, 0.4) is 0 Å². The Morgan fingerprint density at radius 3 is 2.22 bits per heavy atom. The van der Waals surface area contributed by atoms with Crippen molar-refractivity contribution in [3.05, 3.63) is 0 Å². The minimum absolute atomic E-state index is 0.194. The fourth-order valence-corrected chi connectivity index (χ4v) is 1.51. The molecule has 0 saturated heterocycles. The molecule has 102 valence electrons. The molecule has 0 bridgehead atoms. The summed E-state index contributed by atoms with van der Waals surface area (Å²) in [6.07, 6.45) is 0. The molecule has 1 unspecified atom stereocenters. The zero-order chi connectivity index (χ0) is 14.3. The van der Waals surface area contributed by atoms with E-state index in [1.807, 2.05) is 0 Å². The Bertz CT molecular complexity index is 336. The average Bonchev–Trinajstić information content (AvgIpc) is 2.31. The molecule has 0 aliphatic rings. The predicted octanol–water partition coefficient (Wildman–Crippen LogP) is 1.38. The molecule has 0 aromatic heterocycles. The van der Waals surface area contributed by atoms with E-state index in [2.05, 4.69) is 6.07 Å². The van der Waals surface area contributed by atoms with Crippen LogP contribution in [0.4, 0.5) is 4.79 Å². The summed E-state index contributed by atoms with van der Waals surface area (Å²) in [5, 5.41) is 17.6. The Hall–Kier alpha value is -1.77. The number of urea groups is 1. The quantitative estimate of drug-likeness (QED) is 0.777. The predicted molar refractivity (Wildman–Crippen MR) is 66.9 cm³/mol. The second kappa shape index (κ2) is 7.54. The van der Waals surface area contributed by atoms with Gasteiger partial charge in [0.05, 0.1) is 12.0 Å². The molecule has 0 aromatic rings. The SMILES string of the molecule is CCN(CC(C)C#N)C(=O)N(CC(=O)O)C(C)C. The number of carboxylic acids is 1. The summed E-state index contributed by atoms with van der Waals surface area (Å²) in [6.45, 7) is 7.51. The van der Waals surface area contributed by atoms with Gasteiger partial charge in [-0.2, -0.15) is 5.26 Å². The minimum atomic E-state index is -1.04. The first-order valence-electron chi connectivity index (χ1n) is 6.00. The lowest BCUT2D eigenvalue weighted by molar-refractivity contribution is -0.138. The molecule has 1 N–H and O–H groups in total. The van der Waals surface area contributed by atoms with E-state index in [0.717, 1.165) is 0 Å². The lowest BCUT2D eigenvalue weighted by Crippen LogP contribution is -2.49. The summed E-state index contributed by atoms with van der Waals surface area (Å²) in [4.78, 5) is 25.7. The van der Waals surface area contributed by atoms with Crippen molar-refractivity contribution in [1.29, 1.82) is 5.26 Å². The summed E-state index contributed by atoms with van der Waals surface area (Å²) in [5.74, 6) is -1.31. The zero-order valence-corrected chi connectivity index (χ0v) is 11.4. The Labute approximate surface area is 108 Å². The molecule has 6 heteroatoms. The van der Waals surface area contributed by atoms with Crippen LogP contribution < -0.4 is 0 Å². The summed E-state index contributed by atoms with van der Waals surface area (Å²) in [6, 6.07) is 1.53. The third-order valence-corrected chi connectivity index (χ3v) is 2.54. The fourth-order valence-electron chi connectivity index (χ4n) is 1.51. The molecule has 18 heavy (non-hydrogen) atoms. The molecule has 0 heterocycles. The van der Waals surface area contributed by atoms with Crippen molar-refractivity contribution >= 4 is 12.0 Å². The van der Waals surface area contributed by atoms with E-state index in [-0.39, 0.29) is 24.5 Å². The van der Waals surface area contributed by atoms with Crippen molar-refractivity contribution in [2.75, 3.05) is 19.6 Å². The van der Waals surface area contributed by atoms with Crippen LogP contribution in [0, 0.1) is 17.2 Å². The Kier molecular flexibility index (Phi) is 6.79. The van der Waals surface area contributed by atoms with Gasteiger partial charge in [-0.3, -0.25) is 4.79 Å². The maximum absolute atomic E-state index is 12.2. The molecule has 0 aliphatic carbocycles. The van der Waals surface area contributed by atoms with Crippen molar-refractivity contribution in [3.8, 4) is 6.07 Å². The van der Waals surface area contributed by atoms with E-state index >= 15 is 0 Å². The van der Waals surface area contributed by atoms with Crippen LogP contribution in [0.15, 0.2) is 0 Å². The molecule has 6 nitrogen and oxygen atoms in total. The maximum Gasteiger partial charge on any atom is 0.323 e. The third-order valence-electron chi connectivity index (χ3n) is 2.54. The van der Waals surface area contributed by atoms with E-state index in [9.17, 15) is 9.59 Å². The fraction of sp³-hybridized carbons (Fsp3) is 0.750. The van der Waals surface area contributed by atoms with Crippen molar-refractivity contribution in [2.24, 2.45) is 5.92 Å². The molecule has 0 saturated carbocycles. The largest absolute Gasteiger partial charge is 0.480 e. The highest BCUT2D eigenvalue weighted by Gasteiger charge is 2.25. The number of hydrogen-bond donors (Lipinski definition) is 1. The van der Waals surface area contributed by atoms with Crippen molar-refractivity contribution in [2.45, 2.75) is 33.7 Å². The van der Waals surface area contributed by atoms with Crippen molar-refractivity contribution in [1.82, 2.24) is 9.80 Å². The first kappa shape index (κ1) is 16.2.